The van der Waals surface area contributed by atoms with E-state index >= 15 is 0 Å². The largest absolute Gasteiger partial charge is 0.494 e. The van der Waals surface area contributed by atoms with Crippen molar-refractivity contribution in [1.29, 1.82) is 0 Å². The maximum absolute atomic E-state index is 14.1. The van der Waals surface area contributed by atoms with Crippen molar-refractivity contribution in [1.82, 2.24) is 10.2 Å². The third-order valence-electron chi connectivity index (χ3n) is 8.58. The van der Waals surface area contributed by atoms with Crippen LogP contribution in [0.4, 0.5) is 10.1 Å². The van der Waals surface area contributed by atoms with Crippen LogP contribution >= 0.6 is 0 Å². The minimum absolute atomic E-state index is 0.0424. The summed E-state index contributed by atoms with van der Waals surface area (Å²) in [6.45, 7) is 2.54. The molecule has 0 radical (unpaired) electrons. The topological polar surface area (TPSA) is 97.0 Å². The molecule has 2 bridgehead atoms. The zero-order valence-corrected chi connectivity index (χ0v) is 22.5. The van der Waals surface area contributed by atoms with E-state index < -0.39 is 29.6 Å². The van der Waals surface area contributed by atoms with Crippen molar-refractivity contribution in [2.75, 3.05) is 11.9 Å². The Morgan fingerprint density at radius 2 is 1.77 bits per heavy atom. The molecule has 5 atom stereocenters. The van der Waals surface area contributed by atoms with Gasteiger partial charge >= 0.3 is 0 Å². The Labute approximate surface area is 232 Å². The summed E-state index contributed by atoms with van der Waals surface area (Å²) in [6.07, 6.45) is 8.03. The van der Waals surface area contributed by atoms with Crippen molar-refractivity contribution in [3.05, 3.63) is 72.1 Å². The highest BCUT2D eigenvalue weighted by Gasteiger charge is 2.72. The summed E-state index contributed by atoms with van der Waals surface area (Å²) >= 11 is 0. The van der Waals surface area contributed by atoms with Crippen LogP contribution in [-0.2, 0) is 25.7 Å². The minimum Gasteiger partial charge on any atom is -0.494 e. The molecule has 210 valence electrons. The lowest BCUT2D eigenvalue weighted by molar-refractivity contribution is -0.142. The number of benzene rings is 2. The first-order chi connectivity index (χ1) is 19.4. The van der Waals surface area contributed by atoms with Gasteiger partial charge in [-0.3, -0.25) is 14.4 Å². The first-order valence-corrected chi connectivity index (χ1v) is 14.2. The van der Waals surface area contributed by atoms with Gasteiger partial charge in [-0.1, -0.05) is 43.5 Å². The average Bonchev–Trinajstić information content (AvgIpc) is 3.59. The number of likely N-dealkylation sites (tertiary alicyclic amines) is 1. The van der Waals surface area contributed by atoms with Gasteiger partial charge < -0.3 is 25.0 Å². The number of amides is 3. The molecule has 3 amide bonds. The monoisotopic (exact) mass is 547 g/mol. The first-order valence-electron chi connectivity index (χ1n) is 14.2. The van der Waals surface area contributed by atoms with Crippen LogP contribution in [0.25, 0.3) is 0 Å². The number of carbonyl (C=O) groups excluding carboxylic acids is 3. The van der Waals surface area contributed by atoms with Crippen LogP contribution in [0.5, 0.6) is 5.75 Å². The zero-order chi connectivity index (χ0) is 27.9. The molecular formula is C31H34FN3O5. The molecule has 1 saturated carbocycles. The number of carbonyl (C=O) groups is 3. The molecule has 2 aromatic rings. The number of halogens is 1. The van der Waals surface area contributed by atoms with E-state index in [2.05, 4.69) is 10.6 Å². The summed E-state index contributed by atoms with van der Waals surface area (Å²) in [5.41, 5.74) is 0.0198. The molecule has 2 N–H and O–H groups in total. The second-order valence-electron chi connectivity index (χ2n) is 11.1. The van der Waals surface area contributed by atoms with Crippen LogP contribution in [0.3, 0.4) is 0 Å². The van der Waals surface area contributed by atoms with Crippen LogP contribution in [0.15, 0.2) is 60.7 Å². The normalized spacial score (nSPS) is 28.9. The Morgan fingerprint density at radius 3 is 2.48 bits per heavy atom. The number of hydrogen-bond donors (Lipinski definition) is 2. The summed E-state index contributed by atoms with van der Waals surface area (Å²) in [6, 6.07) is 12.0. The number of ether oxygens (including phenoxy) is 2. The fourth-order valence-electron chi connectivity index (χ4n) is 6.78. The van der Waals surface area contributed by atoms with E-state index in [1.165, 1.54) is 17.0 Å². The minimum atomic E-state index is -1.25. The number of fused-ring (bicyclic) bond motifs is 1. The molecule has 1 aliphatic carbocycles. The Balaban J connectivity index is 1.29. The third kappa shape index (κ3) is 4.66. The molecule has 8 nitrogen and oxygen atoms in total. The molecule has 1 spiro atoms. The van der Waals surface area contributed by atoms with Gasteiger partial charge in [0.25, 0.3) is 0 Å². The van der Waals surface area contributed by atoms with Gasteiger partial charge in [0.2, 0.25) is 17.7 Å². The molecule has 0 aromatic heterocycles. The number of rotatable bonds is 8. The van der Waals surface area contributed by atoms with Crippen molar-refractivity contribution >= 4 is 23.4 Å². The molecular weight excluding hydrogens is 513 g/mol. The average molecular weight is 548 g/mol. The van der Waals surface area contributed by atoms with Crippen molar-refractivity contribution in [3.63, 3.8) is 0 Å². The third-order valence-corrected chi connectivity index (χ3v) is 8.58. The molecule has 40 heavy (non-hydrogen) atoms. The highest BCUT2D eigenvalue weighted by atomic mass is 19.1. The van der Waals surface area contributed by atoms with Crippen LogP contribution in [-0.4, -0.2) is 53.0 Å². The Bertz CT molecular complexity index is 1310. The van der Waals surface area contributed by atoms with Crippen molar-refractivity contribution in [3.8, 4) is 5.75 Å². The van der Waals surface area contributed by atoms with E-state index in [9.17, 15) is 18.8 Å². The van der Waals surface area contributed by atoms with Crippen LogP contribution in [0, 0.1) is 17.7 Å². The number of hydrogen-bond acceptors (Lipinski definition) is 5. The highest BCUT2D eigenvalue weighted by Crippen LogP contribution is 2.55. The van der Waals surface area contributed by atoms with Gasteiger partial charge in [0, 0.05) is 18.3 Å². The lowest BCUT2D eigenvalue weighted by Crippen LogP contribution is -2.56. The SMILES string of the molecule is CCOc1ccc(NC(=O)[C@@H]2[C@@H]3C=C[C@]4(O3)[C@@H]2C(=O)N(Cc2ccc(F)cc2)[C@@H]4C(=O)NC2CCCCC2)cc1. The van der Waals surface area contributed by atoms with Gasteiger partial charge in [-0.15, -0.1) is 0 Å². The Kier molecular flexibility index (Phi) is 7.08. The molecule has 2 saturated heterocycles. The van der Waals surface area contributed by atoms with Crippen molar-refractivity contribution < 1.29 is 28.2 Å². The van der Waals surface area contributed by atoms with E-state index in [1.807, 2.05) is 6.92 Å². The smallest absolute Gasteiger partial charge is 0.246 e. The fraction of sp³-hybridized carbons (Fsp3) is 0.452. The first kappa shape index (κ1) is 26.5. The van der Waals surface area contributed by atoms with Gasteiger partial charge in [0.1, 0.15) is 23.2 Å². The lowest BCUT2D eigenvalue weighted by atomic mass is 9.74. The van der Waals surface area contributed by atoms with Crippen molar-refractivity contribution in [2.24, 2.45) is 11.8 Å². The number of nitrogens with one attached hydrogen (secondary N) is 2. The van der Waals surface area contributed by atoms with Crippen LogP contribution in [0.1, 0.15) is 44.6 Å². The summed E-state index contributed by atoms with van der Waals surface area (Å²) in [5, 5.41) is 6.10. The second-order valence-corrected chi connectivity index (χ2v) is 11.1. The maximum Gasteiger partial charge on any atom is 0.246 e. The molecule has 3 heterocycles. The molecule has 4 aliphatic rings. The van der Waals surface area contributed by atoms with Gasteiger partial charge in [-0.2, -0.15) is 0 Å². The van der Waals surface area contributed by atoms with E-state index in [1.54, 1.807) is 48.6 Å². The summed E-state index contributed by atoms with van der Waals surface area (Å²) in [4.78, 5) is 43.1. The van der Waals surface area contributed by atoms with Gasteiger partial charge in [0.05, 0.1) is 24.5 Å². The molecule has 3 fully saturated rings. The van der Waals surface area contributed by atoms with E-state index in [0.29, 0.717) is 23.6 Å². The Hall–Kier alpha value is -3.72. The van der Waals surface area contributed by atoms with Gasteiger partial charge in [-0.05, 0) is 61.7 Å². The van der Waals surface area contributed by atoms with E-state index in [0.717, 1.165) is 32.1 Å². The van der Waals surface area contributed by atoms with Gasteiger partial charge in [0.15, 0.2) is 0 Å². The summed E-state index contributed by atoms with van der Waals surface area (Å²) in [7, 11) is 0. The quantitative estimate of drug-likeness (QED) is 0.488. The second kappa shape index (κ2) is 10.7. The van der Waals surface area contributed by atoms with E-state index in [4.69, 9.17) is 9.47 Å². The molecule has 9 heteroatoms. The Morgan fingerprint density at radius 1 is 1.05 bits per heavy atom. The standard InChI is InChI=1S/C31H34FN3O5/c1-2-39-23-14-12-22(13-15-23)33-28(36)25-24-16-17-31(40-24)26(25)30(38)35(18-19-8-10-20(32)11-9-19)27(31)29(37)34-21-6-4-3-5-7-21/h8-17,21,24-27H,2-7,18H2,1H3,(H,33,36)(H,34,37)/t24-,25+,26-,27+,31-/m0/s1. The lowest BCUT2D eigenvalue weighted by Gasteiger charge is -2.34. The highest BCUT2D eigenvalue weighted by molar-refractivity contribution is 6.02. The maximum atomic E-state index is 14.1. The molecule has 3 aliphatic heterocycles. The molecule has 0 unspecified atom stereocenters. The zero-order valence-electron chi connectivity index (χ0n) is 22.5. The summed E-state index contributed by atoms with van der Waals surface area (Å²) in [5.74, 6) is -2.27. The predicted molar refractivity (Wildman–Crippen MR) is 146 cm³/mol. The number of nitrogens with zero attached hydrogens (tertiary/aromatic N) is 1. The summed E-state index contributed by atoms with van der Waals surface area (Å²) < 4.78 is 25.5. The molecule has 2 aromatic carbocycles. The number of anilines is 1. The van der Waals surface area contributed by atoms with Crippen LogP contribution in [0.2, 0.25) is 0 Å². The van der Waals surface area contributed by atoms with Gasteiger partial charge in [-0.25, -0.2) is 4.39 Å². The van der Waals surface area contributed by atoms with Crippen LogP contribution < -0.4 is 15.4 Å². The van der Waals surface area contributed by atoms with E-state index in [-0.39, 0.29) is 36.1 Å². The predicted octanol–water partition coefficient (Wildman–Crippen LogP) is 3.96. The fourth-order valence-corrected chi connectivity index (χ4v) is 6.78. The molecule has 6 rings (SSSR count). The van der Waals surface area contributed by atoms with Crippen molar-refractivity contribution in [2.45, 2.75) is 69.4 Å².